The van der Waals surface area contributed by atoms with Gasteiger partial charge in [0, 0.05) is 23.8 Å². The molecule has 0 radical (unpaired) electrons. The SMILES string of the molecule is O=c1cc(-c2ccccc2)oc2cc(O)cc(O)c12.c1ccc2c(c1)ccc1c3ccccc3ccc21. The highest BCUT2D eigenvalue weighted by molar-refractivity contribution is 6.17. The van der Waals surface area contributed by atoms with Crippen LogP contribution in [0.1, 0.15) is 0 Å². The molecule has 4 nitrogen and oxygen atoms in total. The lowest BCUT2D eigenvalue weighted by molar-refractivity contribution is 0.452. The first-order valence-corrected chi connectivity index (χ1v) is 11.9. The van der Waals surface area contributed by atoms with Crippen LogP contribution in [0.5, 0.6) is 11.5 Å². The van der Waals surface area contributed by atoms with E-state index in [-0.39, 0.29) is 27.9 Å². The molecular weight excluding hydrogens is 460 g/mol. The zero-order chi connectivity index (χ0) is 25.4. The van der Waals surface area contributed by atoms with Crippen molar-refractivity contribution >= 4 is 43.3 Å². The molecule has 37 heavy (non-hydrogen) atoms. The van der Waals surface area contributed by atoms with Gasteiger partial charge in [-0.1, -0.05) is 103 Å². The van der Waals surface area contributed by atoms with Gasteiger partial charge in [-0.2, -0.15) is 0 Å². The normalized spacial score (nSPS) is 11.0. The fourth-order valence-electron chi connectivity index (χ4n) is 4.77. The van der Waals surface area contributed by atoms with Crippen LogP contribution in [0.2, 0.25) is 0 Å². The number of hydrogen-bond donors (Lipinski definition) is 2. The fourth-order valence-corrected chi connectivity index (χ4v) is 4.77. The first-order valence-electron chi connectivity index (χ1n) is 11.9. The van der Waals surface area contributed by atoms with Crippen LogP contribution in [0.3, 0.4) is 0 Å². The predicted molar refractivity (Wildman–Crippen MR) is 150 cm³/mol. The van der Waals surface area contributed by atoms with Crippen molar-refractivity contribution < 1.29 is 14.6 Å². The highest BCUT2D eigenvalue weighted by atomic mass is 16.3. The summed E-state index contributed by atoms with van der Waals surface area (Å²) in [5, 5.41) is 27.1. The van der Waals surface area contributed by atoms with Gasteiger partial charge < -0.3 is 14.6 Å². The van der Waals surface area contributed by atoms with Crippen LogP contribution in [0.15, 0.2) is 131 Å². The van der Waals surface area contributed by atoms with Crippen molar-refractivity contribution in [1.29, 1.82) is 0 Å². The van der Waals surface area contributed by atoms with E-state index in [0.29, 0.717) is 5.76 Å². The van der Waals surface area contributed by atoms with E-state index in [4.69, 9.17) is 4.42 Å². The topological polar surface area (TPSA) is 70.7 Å². The lowest BCUT2D eigenvalue weighted by atomic mass is 9.97. The van der Waals surface area contributed by atoms with Crippen molar-refractivity contribution in [2.75, 3.05) is 0 Å². The van der Waals surface area contributed by atoms with Gasteiger partial charge in [0.2, 0.25) is 0 Å². The number of rotatable bonds is 1. The third-order valence-corrected chi connectivity index (χ3v) is 6.50. The third-order valence-electron chi connectivity index (χ3n) is 6.50. The summed E-state index contributed by atoms with van der Waals surface area (Å²) in [7, 11) is 0. The van der Waals surface area contributed by atoms with Crippen LogP contribution < -0.4 is 5.43 Å². The molecule has 4 heteroatoms. The molecule has 0 aliphatic heterocycles. The first kappa shape index (κ1) is 22.4. The second kappa shape index (κ2) is 9.17. The van der Waals surface area contributed by atoms with Gasteiger partial charge in [0.05, 0.1) is 0 Å². The molecule has 178 valence electrons. The second-order valence-electron chi connectivity index (χ2n) is 8.85. The maximum Gasteiger partial charge on any atom is 0.197 e. The molecule has 7 rings (SSSR count). The van der Waals surface area contributed by atoms with E-state index in [9.17, 15) is 15.0 Å². The molecule has 1 heterocycles. The Morgan fingerprint density at radius 2 is 1.11 bits per heavy atom. The van der Waals surface area contributed by atoms with E-state index in [1.807, 2.05) is 30.3 Å². The molecule has 0 fully saturated rings. The lowest BCUT2D eigenvalue weighted by Crippen LogP contribution is -2.00. The maximum atomic E-state index is 12.0. The number of phenols is 2. The van der Waals surface area contributed by atoms with Crippen LogP contribution in [-0.2, 0) is 0 Å². The van der Waals surface area contributed by atoms with Crippen molar-refractivity contribution in [3.05, 3.63) is 132 Å². The minimum Gasteiger partial charge on any atom is -0.508 e. The van der Waals surface area contributed by atoms with Gasteiger partial charge in [0.1, 0.15) is 28.2 Å². The molecule has 0 spiro atoms. The Balaban J connectivity index is 0.000000136. The number of hydrogen-bond acceptors (Lipinski definition) is 4. The van der Waals surface area contributed by atoms with E-state index < -0.39 is 0 Å². The van der Waals surface area contributed by atoms with Crippen molar-refractivity contribution in [1.82, 2.24) is 0 Å². The molecule has 0 aliphatic carbocycles. The second-order valence-corrected chi connectivity index (χ2v) is 8.85. The predicted octanol–water partition coefficient (Wildman–Crippen LogP) is 8.02. The molecule has 6 aromatic carbocycles. The van der Waals surface area contributed by atoms with Crippen molar-refractivity contribution in [3.63, 3.8) is 0 Å². The molecule has 0 bridgehead atoms. The van der Waals surface area contributed by atoms with Gasteiger partial charge >= 0.3 is 0 Å². The van der Waals surface area contributed by atoms with E-state index in [0.717, 1.165) is 11.6 Å². The van der Waals surface area contributed by atoms with Gasteiger partial charge in [-0.05, 0) is 32.3 Å². The number of aromatic hydroxyl groups is 2. The molecule has 0 atom stereocenters. The van der Waals surface area contributed by atoms with Crippen LogP contribution in [0.25, 0.3) is 54.6 Å². The summed E-state index contributed by atoms with van der Waals surface area (Å²) in [4.78, 5) is 12.0. The minimum atomic E-state index is -0.349. The first-order chi connectivity index (χ1) is 18.1. The fraction of sp³-hybridized carbons (Fsp3) is 0. The van der Waals surface area contributed by atoms with Crippen LogP contribution in [-0.4, -0.2) is 10.2 Å². The summed E-state index contributed by atoms with van der Waals surface area (Å²) in [6.45, 7) is 0. The summed E-state index contributed by atoms with van der Waals surface area (Å²) in [6.07, 6.45) is 0. The van der Waals surface area contributed by atoms with Gasteiger partial charge in [-0.3, -0.25) is 4.79 Å². The van der Waals surface area contributed by atoms with Crippen LogP contribution >= 0.6 is 0 Å². The third kappa shape index (κ3) is 4.15. The van der Waals surface area contributed by atoms with E-state index in [1.165, 1.54) is 44.5 Å². The summed E-state index contributed by atoms with van der Waals surface area (Å²) in [5.41, 5.74) is 0.561. The average Bonchev–Trinajstić information content (AvgIpc) is 2.93. The van der Waals surface area contributed by atoms with Crippen molar-refractivity contribution in [3.8, 4) is 22.8 Å². The molecule has 0 saturated heterocycles. The van der Waals surface area contributed by atoms with Crippen LogP contribution in [0, 0.1) is 0 Å². The molecular formula is C33H22O4. The zero-order valence-electron chi connectivity index (χ0n) is 19.8. The maximum absolute atomic E-state index is 12.0. The number of phenolic OH excluding ortho intramolecular Hbond substituents is 2. The molecule has 1 aromatic heterocycles. The van der Waals surface area contributed by atoms with Gasteiger partial charge in [0.25, 0.3) is 0 Å². The summed E-state index contributed by atoms with van der Waals surface area (Å²) in [5.74, 6) is -0.0511. The van der Waals surface area contributed by atoms with Crippen LogP contribution in [0.4, 0.5) is 0 Å². The van der Waals surface area contributed by atoms with Gasteiger partial charge in [-0.25, -0.2) is 0 Å². The number of benzene rings is 6. The minimum absolute atomic E-state index is 0.0671. The Kier molecular flexibility index (Phi) is 5.55. The average molecular weight is 483 g/mol. The quantitative estimate of drug-likeness (QED) is 0.232. The van der Waals surface area contributed by atoms with Gasteiger partial charge in [-0.15, -0.1) is 0 Å². The Bertz CT molecular complexity index is 1900. The smallest absolute Gasteiger partial charge is 0.197 e. The Morgan fingerprint density at radius 1 is 0.541 bits per heavy atom. The summed E-state index contributed by atoms with van der Waals surface area (Å²) in [6, 6.07) is 38.9. The Morgan fingerprint density at radius 3 is 1.73 bits per heavy atom. The molecule has 0 amide bonds. The zero-order valence-corrected chi connectivity index (χ0v) is 19.8. The highest BCUT2D eigenvalue weighted by Crippen LogP contribution is 2.31. The summed E-state index contributed by atoms with van der Waals surface area (Å²) >= 11 is 0. The largest absolute Gasteiger partial charge is 0.508 e. The van der Waals surface area contributed by atoms with Crippen molar-refractivity contribution in [2.24, 2.45) is 0 Å². The monoisotopic (exact) mass is 482 g/mol. The molecule has 2 N–H and O–H groups in total. The standard InChI is InChI=1S/C18H12.C15H10O4/c1-3-7-15-13(5-1)9-11-18-16-8-4-2-6-14(16)10-12-17(15)18;16-10-6-11(17)15-12(18)8-13(19-14(15)7-10)9-4-2-1-3-5-9/h1-12H;1-8,16-17H. The van der Waals surface area contributed by atoms with E-state index in [1.54, 1.807) is 0 Å². The highest BCUT2D eigenvalue weighted by Gasteiger charge is 2.11. The van der Waals surface area contributed by atoms with E-state index >= 15 is 0 Å². The Hall–Kier alpha value is -5.09. The lowest BCUT2D eigenvalue weighted by Gasteiger charge is -2.07. The number of fused-ring (bicyclic) bond motifs is 6. The Labute approximate surface area is 212 Å². The molecule has 0 unspecified atom stereocenters. The molecule has 0 saturated carbocycles. The van der Waals surface area contributed by atoms with Gasteiger partial charge in [0.15, 0.2) is 5.43 Å². The molecule has 7 aromatic rings. The summed E-state index contributed by atoms with van der Waals surface area (Å²) < 4.78 is 5.57. The van der Waals surface area contributed by atoms with E-state index in [2.05, 4.69) is 72.8 Å². The van der Waals surface area contributed by atoms with Crippen molar-refractivity contribution in [2.45, 2.75) is 0 Å². The molecule has 0 aliphatic rings.